The van der Waals surface area contributed by atoms with Gasteiger partial charge >= 0.3 is 0 Å². The van der Waals surface area contributed by atoms with Gasteiger partial charge in [0.25, 0.3) is 0 Å². The lowest BCUT2D eigenvalue weighted by Gasteiger charge is -2.08. The fourth-order valence-electron chi connectivity index (χ4n) is 2.97. The molecule has 1 saturated carbocycles. The highest BCUT2D eigenvalue weighted by Crippen LogP contribution is 2.54. The maximum Gasteiger partial charge on any atom is 0.199 e. The van der Waals surface area contributed by atoms with Gasteiger partial charge in [0.1, 0.15) is 5.82 Å². The van der Waals surface area contributed by atoms with Crippen LogP contribution < -0.4 is 0 Å². The number of aromatic nitrogens is 3. The van der Waals surface area contributed by atoms with Crippen LogP contribution in [0.15, 0.2) is 54.6 Å². The first-order valence-corrected chi connectivity index (χ1v) is 8.01. The Morgan fingerprint density at radius 3 is 2.55 bits per heavy atom. The van der Waals surface area contributed by atoms with E-state index in [4.69, 9.17) is 23.8 Å². The number of halogens is 1. The van der Waals surface area contributed by atoms with Crippen LogP contribution in [0.5, 0.6) is 0 Å². The maximum absolute atomic E-state index is 6.33. The second-order valence-electron chi connectivity index (χ2n) is 5.53. The average Bonchev–Trinajstić information content (AvgIpc) is 3.25. The zero-order valence-corrected chi connectivity index (χ0v) is 13.3. The number of benzene rings is 2. The lowest BCUT2D eigenvalue weighted by molar-refractivity contribution is 0.846. The molecule has 4 rings (SSSR count). The average molecular weight is 328 g/mol. The molecule has 3 nitrogen and oxygen atoms in total. The Hall–Kier alpha value is -1.91. The Morgan fingerprint density at radius 1 is 1.05 bits per heavy atom. The smallest absolute Gasteiger partial charge is 0.199 e. The number of aromatic amines is 1. The van der Waals surface area contributed by atoms with Crippen molar-refractivity contribution in [3.05, 3.63) is 75.8 Å². The van der Waals surface area contributed by atoms with Crippen LogP contribution in [0.3, 0.4) is 0 Å². The Bertz CT molecular complexity index is 869. The first-order valence-electron chi connectivity index (χ1n) is 7.23. The van der Waals surface area contributed by atoms with E-state index >= 15 is 0 Å². The van der Waals surface area contributed by atoms with Crippen molar-refractivity contribution in [1.29, 1.82) is 0 Å². The number of hydrogen-bond donors (Lipinski definition) is 1. The van der Waals surface area contributed by atoms with E-state index in [9.17, 15) is 0 Å². The Morgan fingerprint density at radius 2 is 1.77 bits per heavy atom. The summed E-state index contributed by atoms with van der Waals surface area (Å²) in [6, 6.07) is 18.3. The summed E-state index contributed by atoms with van der Waals surface area (Å²) in [5.41, 5.74) is 2.24. The number of H-pyrrole nitrogens is 1. The van der Waals surface area contributed by atoms with Crippen molar-refractivity contribution < 1.29 is 0 Å². The van der Waals surface area contributed by atoms with Crippen molar-refractivity contribution >= 4 is 23.8 Å². The van der Waals surface area contributed by atoms with Crippen molar-refractivity contribution in [2.75, 3.05) is 0 Å². The molecule has 0 aliphatic heterocycles. The third-order valence-corrected chi connectivity index (χ3v) is 4.73. The van der Waals surface area contributed by atoms with Crippen molar-refractivity contribution in [2.24, 2.45) is 0 Å². The second kappa shape index (κ2) is 5.38. The first kappa shape index (κ1) is 13.7. The minimum absolute atomic E-state index is 0.381. The molecule has 1 N–H and O–H groups in total. The molecule has 0 unspecified atom stereocenters. The molecule has 5 heteroatoms. The number of para-hydroxylation sites is 1. The van der Waals surface area contributed by atoms with Gasteiger partial charge in [0.2, 0.25) is 0 Å². The summed E-state index contributed by atoms with van der Waals surface area (Å²) in [4.78, 5) is 0. The molecule has 3 aromatic rings. The molecule has 0 saturated heterocycles. The molecule has 1 aromatic heterocycles. The summed E-state index contributed by atoms with van der Waals surface area (Å²) in [6.07, 6.45) is 1.09. The summed E-state index contributed by atoms with van der Waals surface area (Å²) in [5.74, 6) is 1.85. The quantitative estimate of drug-likeness (QED) is 0.697. The number of hydrogen-bond acceptors (Lipinski definition) is 2. The largest absolute Gasteiger partial charge is 0.270 e. The molecule has 0 amide bonds. The van der Waals surface area contributed by atoms with E-state index < -0.39 is 0 Å². The summed E-state index contributed by atoms with van der Waals surface area (Å²) < 4.78 is 2.55. The van der Waals surface area contributed by atoms with Gasteiger partial charge in [-0.2, -0.15) is 5.10 Å². The topological polar surface area (TPSA) is 33.6 Å². The zero-order chi connectivity index (χ0) is 15.1. The minimum Gasteiger partial charge on any atom is -0.270 e. The SMILES string of the molecule is S=c1[nH]nc([C@H]2C[C@H]2c2ccccc2)n1-c1ccccc1Cl. The first-order chi connectivity index (χ1) is 10.8. The van der Waals surface area contributed by atoms with Crippen LogP contribution in [0.25, 0.3) is 5.69 Å². The summed E-state index contributed by atoms with van der Waals surface area (Å²) in [5, 5.41) is 8.05. The highest BCUT2D eigenvalue weighted by Gasteiger charge is 2.43. The summed E-state index contributed by atoms with van der Waals surface area (Å²) in [7, 11) is 0. The van der Waals surface area contributed by atoms with E-state index in [1.165, 1.54) is 5.56 Å². The lowest BCUT2D eigenvalue weighted by atomic mass is 10.1. The van der Waals surface area contributed by atoms with Crippen molar-refractivity contribution in [1.82, 2.24) is 14.8 Å². The molecule has 0 spiro atoms. The van der Waals surface area contributed by atoms with Gasteiger partial charge in [-0.05, 0) is 42.3 Å². The fraction of sp³-hybridized carbons (Fsp3) is 0.176. The lowest BCUT2D eigenvalue weighted by Crippen LogP contribution is -2.01. The predicted octanol–water partition coefficient (Wildman–Crippen LogP) is 4.85. The molecule has 0 radical (unpaired) electrons. The van der Waals surface area contributed by atoms with Gasteiger partial charge in [0.15, 0.2) is 4.77 Å². The van der Waals surface area contributed by atoms with Gasteiger partial charge in [0.05, 0.1) is 10.7 Å². The van der Waals surface area contributed by atoms with Crippen molar-refractivity contribution in [3.63, 3.8) is 0 Å². The van der Waals surface area contributed by atoms with Crippen LogP contribution >= 0.6 is 23.8 Å². The molecule has 1 aliphatic rings. The van der Waals surface area contributed by atoms with Crippen LogP contribution in [-0.2, 0) is 0 Å². The van der Waals surface area contributed by atoms with E-state index in [0.29, 0.717) is 21.6 Å². The molecule has 1 aliphatic carbocycles. The molecule has 0 bridgehead atoms. The van der Waals surface area contributed by atoms with Gasteiger partial charge in [-0.1, -0.05) is 54.1 Å². The number of rotatable bonds is 3. The standard InChI is InChI=1S/C17H14ClN3S/c18-14-8-4-5-9-15(14)21-16(19-20-17(21)22)13-10-12(13)11-6-2-1-3-7-11/h1-9,12-13H,10H2,(H,20,22)/t12-,13-/m0/s1. The molecular formula is C17H14ClN3S. The Labute approximate surface area is 138 Å². The highest BCUT2D eigenvalue weighted by atomic mass is 35.5. The van der Waals surface area contributed by atoms with E-state index in [0.717, 1.165) is 17.9 Å². The van der Waals surface area contributed by atoms with Crippen LogP contribution in [0.4, 0.5) is 0 Å². The number of nitrogens with one attached hydrogen (secondary N) is 1. The normalized spacial score (nSPS) is 20.0. The second-order valence-corrected chi connectivity index (χ2v) is 6.33. The van der Waals surface area contributed by atoms with Crippen LogP contribution in [0, 0.1) is 4.77 Å². The summed E-state index contributed by atoms with van der Waals surface area (Å²) in [6.45, 7) is 0. The molecule has 1 heterocycles. The fourth-order valence-corrected chi connectivity index (χ4v) is 3.43. The van der Waals surface area contributed by atoms with E-state index in [2.05, 4.69) is 34.5 Å². The minimum atomic E-state index is 0.381. The van der Waals surface area contributed by atoms with Crippen molar-refractivity contribution in [3.8, 4) is 5.69 Å². The number of nitrogens with zero attached hydrogens (tertiary/aromatic N) is 2. The zero-order valence-electron chi connectivity index (χ0n) is 11.7. The van der Waals surface area contributed by atoms with Crippen LogP contribution in [-0.4, -0.2) is 14.8 Å². The molecule has 22 heavy (non-hydrogen) atoms. The summed E-state index contributed by atoms with van der Waals surface area (Å²) >= 11 is 11.7. The van der Waals surface area contributed by atoms with Gasteiger partial charge in [0, 0.05) is 5.92 Å². The van der Waals surface area contributed by atoms with Gasteiger partial charge < -0.3 is 0 Å². The Balaban J connectivity index is 1.74. The molecule has 2 atom stereocenters. The highest BCUT2D eigenvalue weighted by molar-refractivity contribution is 7.71. The van der Waals surface area contributed by atoms with Crippen LogP contribution in [0.2, 0.25) is 5.02 Å². The van der Waals surface area contributed by atoms with E-state index in [1.807, 2.05) is 34.9 Å². The maximum atomic E-state index is 6.33. The third kappa shape index (κ3) is 2.28. The third-order valence-electron chi connectivity index (χ3n) is 4.14. The molecular weight excluding hydrogens is 314 g/mol. The predicted molar refractivity (Wildman–Crippen MR) is 90.3 cm³/mol. The van der Waals surface area contributed by atoms with E-state index in [1.54, 1.807) is 0 Å². The molecule has 2 aromatic carbocycles. The molecule has 1 fully saturated rings. The Kier molecular flexibility index (Phi) is 3.36. The van der Waals surface area contributed by atoms with Crippen LogP contribution in [0.1, 0.15) is 29.6 Å². The van der Waals surface area contributed by atoms with E-state index in [-0.39, 0.29) is 0 Å². The molecule has 110 valence electrons. The monoisotopic (exact) mass is 327 g/mol. The van der Waals surface area contributed by atoms with Gasteiger partial charge in [-0.25, -0.2) is 0 Å². The van der Waals surface area contributed by atoms with Crippen molar-refractivity contribution in [2.45, 2.75) is 18.3 Å². The van der Waals surface area contributed by atoms with Gasteiger partial charge in [-0.3, -0.25) is 9.67 Å². The van der Waals surface area contributed by atoms with Gasteiger partial charge in [-0.15, -0.1) is 0 Å².